The lowest BCUT2D eigenvalue weighted by Crippen LogP contribution is -2.45. The molecule has 7 heteroatoms. The molecule has 0 aliphatic heterocycles. The van der Waals surface area contributed by atoms with Gasteiger partial charge in [0, 0.05) is 19.0 Å². The van der Waals surface area contributed by atoms with Gasteiger partial charge in [-0.05, 0) is 19.1 Å². The van der Waals surface area contributed by atoms with Crippen LogP contribution in [0.3, 0.4) is 0 Å². The maximum atomic E-state index is 11.7. The van der Waals surface area contributed by atoms with Crippen molar-refractivity contribution >= 4 is 22.8 Å². The van der Waals surface area contributed by atoms with Crippen LogP contribution in [0.4, 0.5) is 0 Å². The fourth-order valence-corrected chi connectivity index (χ4v) is 2.01. The van der Waals surface area contributed by atoms with Crippen LogP contribution in [-0.4, -0.2) is 43.7 Å². The Kier molecular flexibility index (Phi) is 5.36. The highest BCUT2D eigenvalue weighted by molar-refractivity contribution is 6.35. The van der Waals surface area contributed by atoms with E-state index in [1.165, 1.54) is 14.0 Å². The molecule has 23 heavy (non-hydrogen) atoms. The molecule has 2 aromatic rings. The average molecular weight is 320 g/mol. The molecule has 0 aliphatic rings. The number of benzene rings is 1. The van der Waals surface area contributed by atoms with Crippen LogP contribution in [0.25, 0.3) is 11.0 Å². The number of ether oxygens (including phenoxy) is 1. The van der Waals surface area contributed by atoms with Crippen LogP contribution in [0.5, 0.6) is 0 Å². The monoisotopic (exact) mass is 320 g/mol. The summed E-state index contributed by atoms with van der Waals surface area (Å²) in [6.45, 7) is 1.91. The summed E-state index contributed by atoms with van der Waals surface area (Å²) >= 11 is 0. The van der Waals surface area contributed by atoms with Crippen molar-refractivity contribution in [2.24, 2.45) is 0 Å². The van der Waals surface area contributed by atoms with Gasteiger partial charge in [0.2, 0.25) is 0 Å². The molecule has 3 N–H and O–H groups in total. The van der Waals surface area contributed by atoms with E-state index in [2.05, 4.69) is 10.6 Å². The van der Waals surface area contributed by atoms with Gasteiger partial charge in [0.05, 0.1) is 13.2 Å². The second-order valence-electron chi connectivity index (χ2n) is 5.35. The Morgan fingerprint density at radius 3 is 2.65 bits per heavy atom. The van der Waals surface area contributed by atoms with E-state index in [0.717, 1.165) is 5.39 Å². The van der Waals surface area contributed by atoms with Crippen LogP contribution in [0.1, 0.15) is 12.7 Å². The Morgan fingerprint density at radius 2 is 1.96 bits per heavy atom. The Balaban J connectivity index is 1.95. The SMILES string of the molecule is COCCNC(=O)C(=O)NCC(C)(O)c1cc2ccccc2o1. The first-order chi connectivity index (χ1) is 10.9. The second kappa shape index (κ2) is 7.26. The molecule has 0 radical (unpaired) electrons. The fourth-order valence-electron chi connectivity index (χ4n) is 2.01. The van der Waals surface area contributed by atoms with E-state index in [1.54, 1.807) is 12.1 Å². The largest absolute Gasteiger partial charge is 0.458 e. The molecule has 0 fully saturated rings. The van der Waals surface area contributed by atoms with E-state index < -0.39 is 17.4 Å². The summed E-state index contributed by atoms with van der Waals surface area (Å²) in [5.41, 5.74) is -0.784. The maximum absolute atomic E-state index is 11.7. The zero-order valence-corrected chi connectivity index (χ0v) is 13.1. The maximum Gasteiger partial charge on any atom is 0.309 e. The van der Waals surface area contributed by atoms with Gasteiger partial charge in [-0.3, -0.25) is 9.59 Å². The molecule has 7 nitrogen and oxygen atoms in total. The summed E-state index contributed by atoms with van der Waals surface area (Å²) in [5, 5.41) is 16.1. The van der Waals surface area contributed by atoms with Crippen molar-refractivity contribution in [2.75, 3.05) is 26.8 Å². The number of aliphatic hydroxyl groups is 1. The van der Waals surface area contributed by atoms with Gasteiger partial charge in [-0.15, -0.1) is 0 Å². The van der Waals surface area contributed by atoms with E-state index >= 15 is 0 Å². The number of nitrogens with one attached hydrogen (secondary N) is 2. The molecule has 0 saturated carbocycles. The molecule has 0 bridgehead atoms. The van der Waals surface area contributed by atoms with Crippen LogP contribution in [0, 0.1) is 0 Å². The van der Waals surface area contributed by atoms with Crippen molar-refractivity contribution in [1.29, 1.82) is 0 Å². The number of rotatable bonds is 6. The van der Waals surface area contributed by atoms with Gasteiger partial charge in [-0.1, -0.05) is 18.2 Å². The first-order valence-electron chi connectivity index (χ1n) is 7.20. The predicted molar refractivity (Wildman–Crippen MR) is 83.7 cm³/mol. The lowest BCUT2D eigenvalue weighted by molar-refractivity contribution is -0.140. The molecular weight excluding hydrogens is 300 g/mol. The van der Waals surface area contributed by atoms with E-state index in [4.69, 9.17) is 9.15 Å². The minimum absolute atomic E-state index is 0.149. The van der Waals surface area contributed by atoms with Gasteiger partial charge in [0.25, 0.3) is 0 Å². The van der Waals surface area contributed by atoms with Crippen molar-refractivity contribution in [3.8, 4) is 0 Å². The molecule has 1 atom stereocenters. The Labute approximate surface area is 133 Å². The third kappa shape index (κ3) is 4.30. The van der Waals surface area contributed by atoms with Crippen molar-refractivity contribution in [2.45, 2.75) is 12.5 Å². The van der Waals surface area contributed by atoms with Gasteiger partial charge < -0.3 is 24.9 Å². The first kappa shape index (κ1) is 17.0. The molecule has 2 rings (SSSR count). The molecule has 1 heterocycles. The van der Waals surface area contributed by atoms with Gasteiger partial charge in [-0.25, -0.2) is 0 Å². The molecule has 0 spiro atoms. The van der Waals surface area contributed by atoms with Gasteiger partial charge in [0.15, 0.2) is 0 Å². The minimum atomic E-state index is -1.43. The zero-order chi connectivity index (χ0) is 16.9. The quantitative estimate of drug-likeness (QED) is 0.532. The highest BCUT2D eigenvalue weighted by Gasteiger charge is 2.29. The number of carbonyl (C=O) groups is 2. The number of fused-ring (bicyclic) bond motifs is 1. The normalized spacial score (nSPS) is 13.5. The molecule has 1 unspecified atom stereocenters. The number of amides is 2. The van der Waals surface area contributed by atoms with E-state index in [1.807, 2.05) is 18.2 Å². The van der Waals surface area contributed by atoms with Crippen molar-refractivity contribution in [3.63, 3.8) is 0 Å². The molecule has 2 amide bonds. The highest BCUT2D eigenvalue weighted by Crippen LogP contribution is 2.27. The van der Waals surface area contributed by atoms with Gasteiger partial charge >= 0.3 is 11.8 Å². The number of methoxy groups -OCH3 is 1. The Hall–Kier alpha value is -2.38. The van der Waals surface area contributed by atoms with Crippen LogP contribution in [-0.2, 0) is 19.9 Å². The van der Waals surface area contributed by atoms with E-state index in [-0.39, 0.29) is 13.1 Å². The summed E-state index contributed by atoms with van der Waals surface area (Å²) in [7, 11) is 1.50. The van der Waals surface area contributed by atoms with Crippen LogP contribution in [0.15, 0.2) is 34.7 Å². The topological polar surface area (TPSA) is 101 Å². The zero-order valence-electron chi connectivity index (χ0n) is 13.1. The molecule has 0 saturated heterocycles. The first-order valence-corrected chi connectivity index (χ1v) is 7.20. The third-order valence-corrected chi connectivity index (χ3v) is 3.35. The van der Waals surface area contributed by atoms with Gasteiger partial charge in [0.1, 0.15) is 16.9 Å². The number of carbonyl (C=O) groups excluding carboxylic acids is 2. The smallest absolute Gasteiger partial charge is 0.309 e. The number of furan rings is 1. The predicted octanol–water partition coefficient (Wildman–Crippen LogP) is 0.519. The highest BCUT2D eigenvalue weighted by atomic mass is 16.5. The molecule has 124 valence electrons. The summed E-state index contributed by atoms with van der Waals surface area (Å²) in [4.78, 5) is 23.2. The van der Waals surface area contributed by atoms with Crippen molar-refractivity contribution in [3.05, 3.63) is 36.1 Å². The van der Waals surface area contributed by atoms with Crippen molar-refractivity contribution < 1.29 is 23.8 Å². The Morgan fingerprint density at radius 1 is 1.26 bits per heavy atom. The molecule has 1 aromatic heterocycles. The van der Waals surface area contributed by atoms with Crippen LogP contribution in [0.2, 0.25) is 0 Å². The van der Waals surface area contributed by atoms with Gasteiger partial charge in [-0.2, -0.15) is 0 Å². The van der Waals surface area contributed by atoms with Crippen molar-refractivity contribution in [1.82, 2.24) is 10.6 Å². The molecule has 0 aliphatic carbocycles. The summed E-state index contributed by atoms with van der Waals surface area (Å²) < 4.78 is 10.4. The number of hydrogen-bond acceptors (Lipinski definition) is 5. The van der Waals surface area contributed by atoms with Crippen LogP contribution >= 0.6 is 0 Å². The third-order valence-electron chi connectivity index (χ3n) is 3.35. The van der Waals surface area contributed by atoms with E-state index in [9.17, 15) is 14.7 Å². The average Bonchev–Trinajstić information content (AvgIpc) is 2.97. The lowest BCUT2D eigenvalue weighted by atomic mass is 10.0. The second-order valence-corrected chi connectivity index (χ2v) is 5.35. The standard InChI is InChI=1S/C16H20N2O5/c1-16(21,10-18-15(20)14(19)17-7-8-22-2)13-9-11-5-3-4-6-12(11)23-13/h3-6,9,21H,7-8,10H2,1-2H3,(H,17,19)(H,18,20). The molecule has 1 aromatic carbocycles. The fraction of sp³-hybridized carbons (Fsp3) is 0.375. The Bertz CT molecular complexity index is 660. The minimum Gasteiger partial charge on any atom is -0.458 e. The van der Waals surface area contributed by atoms with E-state index in [0.29, 0.717) is 18.0 Å². The summed E-state index contributed by atoms with van der Waals surface area (Å²) in [6, 6.07) is 9.05. The summed E-state index contributed by atoms with van der Waals surface area (Å²) in [5.74, 6) is -1.28. The number of hydrogen-bond donors (Lipinski definition) is 3. The van der Waals surface area contributed by atoms with Crippen LogP contribution < -0.4 is 10.6 Å². The summed E-state index contributed by atoms with van der Waals surface area (Å²) in [6.07, 6.45) is 0. The number of para-hydroxylation sites is 1. The molecular formula is C16H20N2O5. The lowest BCUT2D eigenvalue weighted by Gasteiger charge is -2.20.